The summed E-state index contributed by atoms with van der Waals surface area (Å²) < 4.78 is 0.983. The highest BCUT2D eigenvalue weighted by Crippen LogP contribution is 2.28. The zero-order valence-corrected chi connectivity index (χ0v) is 11.6. The van der Waals surface area contributed by atoms with Crippen molar-refractivity contribution in [2.75, 3.05) is 0 Å². The second-order valence-corrected chi connectivity index (χ2v) is 5.74. The van der Waals surface area contributed by atoms with Gasteiger partial charge < -0.3 is 5.11 Å². The summed E-state index contributed by atoms with van der Waals surface area (Å²) >= 11 is 4.80. The summed E-state index contributed by atoms with van der Waals surface area (Å²) in [6.07, 6.45) is 2.71. The smallest absolute Gasteiger partial charge is 0.316 e. The molecule has 1 aromatic carbocycles. The molecule has 0 aromatic heterocycles. The Kier molecular flexibility index (Phi) is 5.91. The van der Waals surface area contributed by atoms with E-state index in [0.717, 1.165) is 28.6 Å². The zero-order chi connectivity index (χ0) is 12.0. The first-order valence-electron chi connectivity index (χ1n) is 5.28. The fourth-order valence-electron chi connectivity index (χ4n) is 1.33. The molecule has 0 spiro atoms. The molecule has 2 nitrogen and oxygen atoms in total. The van der Waals surface area contributed by atoms with Crippen molar-refractivity contribution in [3.63, 3.8) is 0 Å². The van der Waals surface area contributed by atoms with Crippen molar-refractivity contribution < 1.29 is 9.90 Å². The van der Waals surface area contributed by atoms with Crippen LogP contribution >= 0.6 is 27.7 Å². The lowest BCUT2D eigenvalue weighted by Crippen LogP contribution is -2.15. The van der Waals surface area contributed by atoms with Crippen molar-refractivity contribution in [1.29, 1.82) is 0 Å². The first-order chi connectivity index (χ1) is 7.63. The van der Waals surface area contributed by atoms with Crippen LogP contribution in [0.5, 0.6) is 0 Å². The molecule has 0 amide bonds. The maximum atomic E-state index is 11.1. The minimum absolute atomic E-state index is 0.339. The summed E-state index contributed by atoms with van der Waals surface area (Å²) in [5.41, 5.74) is 0. The summed E-state index contributed by atoms with van der Waals surface area (Å²) in [7, 11) is 0. The predicted octanol–water partition coefficient (Wildman–Crippen LogP) is 4.18. The number of aliphatic carboxylic acids is 1. The van der Waals surface area contributed by atoms with Gasteiger partial charge in [-0.2, -0.15) is 0 Å². The summed E-state index contributed by atoms with van der Waals surface area (Å²) in [5.74, 6) is -0.724. The standard InChI is InChI=1S/C12H15BrO2S/c1-2-3-7-11(12(14)15)16-10-6-4-5-9(13)8-10/h4-6,8,11H,2-3,7H2,1H3,(H,14,15). The number of carboxylic acids is 1. The quantitative estimate of drug-likeness (QED) is 0.801. The molecule has 0 aliphatic carbocycles. The molecule has 0 saturated carbocycles. The molecule has 0 radical (unpaired) electrons. The van der Waals surface area contributed by atoms with Crippen LogP contribution < -0.4 is 0 Å². The maximum absolute atomic E-state index is 11.1. The van der Waals surface area contributed by atoms with Crippen LogP contribution in [0.2, 0.25) is 0 Å². The number of carboxylic acid groups (broad SMARTS) is 1. The molecule has 88 valence electrons. The molecule has 0 fully saturated rings. The Bertz CT molecular complexity index is 355. The van der Waals surface area contributed by atoms with E-state index in [4.69, 9.17) is 5.11 Å². The second kappa shape index (κ2) is 6.97. The lowest BCUT2D eigenvalue weighted by Gasteiger charge is -2.11. The number of hydrogen-bond donors (Lipinski definition) is 1. The van der Waals surface area contributed by atoms with Gasteiger partial charge in [0.25, 0.3) is 0 Å². The van der Waals surface area contributed by atoms with E-state index in [1.165, 1.54) is 11.8 Å². The molecule has 0 aliphatic rings. The van der Waals surface area contributed by atoms with E-state index in [1.54, 1.807) is 0 Å². The molecular formula is C12H15BrO2S. The molecule has 1 atom stereocenters. The van der Waals surface area contributed by atoms with E-state index < -0.39 is 5.97 Å². The minimum Gasteiger partial charge on any atom is -0.480 e. The molecule has 0 bridgehead atoms. The number of halogens is 1. The summed E-state index contributed by atoms with van der Waals surface area (Å²) in [6, 6.07) is 7.75. The fraction of sp³-hybridized carbons (Fsp3) is 0.417. The van der Waals surface area contributed by atoms with Gasteiger partial charge in [-0.3, -0.25) is 4.79 Å². The van der Waals surface area contributed by atoms with Crippen molar-refractivity contribution in [3.8, 4) is 0 Å². The Labute approximate surface area is 109 Å². The van der Waals surface area contributed by atoms with E-state index in [-0.39, 0.29) is 5.25 Å². The molecule has 0 saturated heterocycles. The normalized spacial score (nSPS) is 12.4. The van der Waals surface area contributed by atoms with Gasteiger partial charge >= 0.3 is 5.97 Å². The highest BCUT2D eigenvalue weighted by atomic mass is 79.9. The van der Waals surface area contributed by atoms with Crippen LogP contribution in [0.3, 0.4) is 0 Å². The Morgan fingerprint density at radius 3 is 2.88 bits per heavy atom. The van der Waals surface area contributed by atoms with Gasteiger partial charge in [-0.1, -0.05) is 41.8 Å². The van der Waals surface area contributed by atoms with Crippen LogP contribution in [-0.4, -0.2) is 16.3 Å². The number of thioether (sulfide) groups is 1. The monoisotopic (exact) mass is 302 g/mol. The van der Waals surface area contributed by atoms with Gasteiger partial charge in [-0.15, -0.1) is 11.8 Å². The van der Waals surface area contributed by atoms with Crippen LogP contribution in [0.4, 0.5) is 0 Å². The van der Waals surface area contributed by atoms with Crippen molar-refractivity contribution >= 4 is 33.7 Å². The lowest BCUT2D eigenvalue weighted by molar-refractivity contribution is -0.136. The molecular weight excluding hydrogens is 288 g/mol. The fourth-order valence-corrected chi connectivity index (χ4v) is 2.94. The molecule has 1 N–H and O–H groups in total. The lowest BCUT2D eigenvalue weighted by atomic mass is 10.2. The molecule has 0 aliphatic heterocycles. The van der Waals surface area contributed by atoms with E-state index in [9.17, 15) is 4.79 Å². The van der Waals surface area contributed by atoms with Gasteiger partial charge in [-0.25, -0.2) is 0 Å². The minimum atomic E-state index is -0.724. The van der Waals surface area contributed by atoms with Gasteiger partial charge in [0.1, 0.15) is 5.25 Å². The zero-order valence-electron chi connectivity index (χ0n) is 9.15. The van der Waals surface area contributed by atoms with Crippen LogP contribution in [0.1, 0.15) is 26.2 Å². The van der Waals surface area contributed by atoms with Crippen molar-refractivity contribution in [2.24, 2.45) is 0 Å². The summed E-state index contributed by atoms with van der Waals surface area (Å²) in [6.45, 7) is 2.07. The van der Waals surface area contributed by atoms with Gasteiger partial charge in [-0.05, 0) is 24.6 Å². The van der Waals surface area contributed by atoms with Crippen LogP contribution in [0.15, 0.2) is 33.6 Å². The molecule has 4 heteroatoms. The highest BCUT2D eigenvalue weighted by Gasteiger charge is 2.17. The Morgan fingerprint density at radius 1 is 1.56 bits per heavy atom. The molecule has 0 heterocycles. The third kappa shape index (κ3) is 4.58. The van der Waals surface area contributed by atoms with E-state index >= 15 is 0 Å². The van der Waals surface area contributed by atoms with Crippen LogP contribution in [0.25, 0.3) is 0 Å². The van der Waals surface area contributed by atoms with Gasteiger partial charge in [0.15, 0.2) is 0 Å². The van der Waals surface area contributed by atoms with E-state index in [2.05, 4.69) is 22.9 Å². The number of hydrogen-bond acceptors (Lipinski definition) is 2. The Morgan fingerprint density at radius 2 is 2.31 bits per heavy atom. The van der Waals surface area contributed by atoms with E-state index in [1.807, 2.05) is 24.3 Å². The predicted molar refractivity (Wildman–Crippen MR) is 70.9 cm³/mol. The van der Waals surface area contributed by atoms with Gasteiger partial charge in [0.05, 0.1) is 0 Å². The van der Waals surface area contributed by atoms with Crippen LogP contribution in [0, 0.1) is 0 Å². The molecule has 16 heavy (non-hydrogen) atoms. The first-order valence-corrected chi connectivity index (χ1v) is 6.95. The summed E-state index contributed by atoms with van der Waals surface area (Å²) in [4.78, 5) is 12.1. The van der Waals surface area contributed by atoms with Crippen LogP contribution in [-0.2, 0) is 4.79 Å². The number of rotatable bonds is 6. The highest BCUT2D eigenvalue weighted by molar-refractivity contribution is 9.10. The third-order valence-electron chi connectivity index (χ3n) is 2.17. The van der Waals surface area contributed by atoms with E-state index in [0.29, 0.717) is 0 Å². The molecule has 1 unspecified atom stereocenters. The molecule has 1 aromatic rings. The van der Waals surface area contributed by atoms with Crippen molar-refractivity contribution in [3.05, 3.63) is 28.7 Å². The molecule has 1 rings (SSSR count). The SMILES string of the molecule is CCCCC(Sc1cccc(Br)c1)C(=O)O. The van der Waals surface area contributed by atoms with Crippen molar-refractivity contribution in [2.45, 2.75) is 36.3 Å². The summed E-state index contributed by atoms with van der Waals surface area (Å²) in [5, 5.41) is 8.76. The Balaban J connectivity index is 2.64. The maximum Gasteiger partial charge on any atom is 0.316 e. The Hall–Kier alpha value is -0.480. The average Bonchev–Trinajstić information content (AvgIpc) is 2.24. The number of benzene rings is 1. The first kappa shape index (κ1) is 13.6. The number of carbonyl (C=O) groups is 1. The number of unbranched alkanes of at least 4 members (excludes halogenated alkanes) is 1. The largest absolute Gasteiger partial charge is 0.480 e. The average molecular weight is 303 g/mol. The topological polar surface area (TPSA) is 37.3 Å². The second-order valence-electron chi connectivity index (χ2n) is 3.54. The van der Waals surface area contributed by atoms with Gasteiger partial charge in [0.2, 0.25) is 0 Å². The van der Waals surface area contributed by atoms with Crippen molar-refractivity contribution in [1.82, 2.24) is 0 Å². The van der Waals surface area contributed by atoms with Gasteiger partial charge in [0, 0.05) is 9.37 Å². The third-order valence-corrected chi connectivity index (χ3v) is 3.91.